The first-order valence-electron chi connectivity index (χ1n) is 3.03. The van der Waals surface area contributed by atoms with Crippen molar-refractivity contribution in [2.24, 2.45) is 0 Å². The van der Waals surface area contributed by atoms with Gasteiger partial charge in [-0.15, -0.1) is 11.6 Å². The minimum absolute atomic E-state index is 0. The van der Waals surface area contributed by atoms with Crippen LogP contribution in [-0.2, 0) is 19.5 Å². The predicted octanol–water partition coefficient (Wildman–Crippen LogP) is 3.18. The second-order valence-corrected chi connectivity index (χ2v) is 2.96. The van der Waals surface area contributed by atoms with Gasteiger partial charge in [0.05, 0.1) is 0 Å². The molecule has 0 saturated heterocycles. The molecule has 0 heterocycles. The molecule has 0 fully saturated rings. The van der Waals surface area contributed by atoms with Gasteiger partial charge in [0, 0.05) is 30.7 Å². The summed E-state index contributed by atoms with van der Waals surface area (Å²) in [7, 11) is 0. The van der Waals surface area contributed by atoms with Gasteiger partial charge in [-0.25, -0.2) is 0 Å². The Labute approximate surface area is 83.6 Å². The summed E-state index contributed by atoms with van der Waals surface area (Å²) in [5.41, 5.74) is 0. The van der Waals surface area contributed by atoms with Crippen molar-refractivity contribution in [3.05, 3.63) is 0 Å². The molecular weight excluding hydrogens is 253 g/mol. The van der Waals surface area contributed by atoms with E-state index in [1.54, 1.807) is 0 Å². The maximum Gasteiger partial charge on any atom is 0.0223 e. The maximum atomic E-state index is 5.47. The van der Waals surface area contributed by atoms with Gasteiger partial charge in [-0.3, -0.25) is 0 Å². The van der Waals surface area contributed by atoms with Gasteiger partial charge in [0.15, 0.2) is 0 Å². The van der Waals surface area contributed by atoms with Gasteiger partial charge in [0.2, 0.25) is 0 Å². The topological polar surface area (TPSA) is 0 Å². The van der Waals surface area contributed by atoms with E-state index in [-0.39, 0.29) is 19.5 Å². The Balaban J connectivity index is 0. The number of hydrogen-bond donors (Lipinski definition) is 0. The fourth-order valence-corrected chi connectivity index (χ4v) is 1.13. The minimum Gasteiger partial charge on any atom is -0.127 e. The molecule has 0 aromatic rings. The largest absolute Gasteiger partial charge is 0.127 e. The van der Waals surface area contributed by atoms with Crippen molar-refractivity contribution in [1.29, 1.82) is 0 Å². The van der Waals surface area contributed by atoms with Gasteiger partial charge in [-0.1, -0.05) is 28.8 Å². The van der Waals surface area contributed by atoms with Crippen LogP contribution in [0, 0.1) is 0 Å². The Hall–Kier alpha value is 1.39. The number of alkyl halides is 2. The third kappa shape index (κ3) is 12.6. The Bertz CT molecular complexity index is 38.0. The molecule has 0 nitrogen and oxygen atoms in total. The molecule has 0 radical (unpaired) electrons. The fourth-order valence-electron chi connectivity index (χ4n) is 0.543. The standard InChI is InChI=1S/C6H12BrCl.Zn/c7-5-3-1-2-4-6-8;/h1-6H2;. The van der Waals surface area contributed by atoms with E-state index < -0.39 is 0 Å². The van der Waals surface area contributed by atoms with Crippen molar-refractivity contribution in [3.8, 4) is 0 Å². The van der Waals surface area contributed by atoms with Crippen molar-refractivity contribution in [1.82, 2.24) is 0 Å². The Morgan fingerprint density at radius 2 is 1.56 bits per heavy atom. The second-order valence-electron chi connectivity index (χ2n) is 1.79. The molecule has 0 aromatic carbocycles. The molecule has 0 bridgehead atoms. The average molecular weight is 265 g/mol. The van der Waals surface area contributed by atoms with E-state index in [4.69, 9.17) is 11.6 Å². The van der Waals surface area contributed by atoms with Crippen LogP contribution >= 0.6 is 27.5 Å². The van der Waals surface area contributed by atoms with E-state index in [0.29, 0.717) is 0 Å². The van der Waals surface area contributed by atoms with Crippen LogP contribution in [0.15, 0.2) is 0 Å². The molecule has 0 aliphatic rings. The summed E-state index contributed by atoms with van der Waals surface area (Å²) in [6, 6.07) is 0. The van der Waals surface area contributed by atoms with E-state index in [1.807, 2.05) is 0 Å². The van der Waals surface area contributed by atoms with Crippen LogP contribution in [0.1, 0.15) is 25.7 Å². The summed E-state index contributed by atoms with van der Waals surface area (Å²) in [6.45, 7) is 0. The normalized spacial score (nSPS) is 8.67. The molecule has 0 spiro atoms. The van der Waals surface area contributed by atoms with E-state index in [9.17, 15) is 0 Å². The SMILES string of the molecule is ClCCCCCCBr.[Zn]. The molecule has 0 aliphatic carbocycles. The number of halogens is 2. The Morgan fingerprint density at radius 1 is 1.00 bits per heavy atom. The third-order valence-corrected chi connectivity index (χ3v) is 1.85. The summed E-state index contributed by atoms with van der Waals surface area (Å²) in [4.78, 5) is 0. The molecule has 0 amide bonds. The molecule has 0 unspecified atom stereocenters. The molecule has 9 heavy (non-hydrogen) atoms. The van der Waals surface area contributed by atoms with Crippen LogP contribution in [-0.4, -0.2) is 11.2 Å². The van der Waals surface area contributed by atoms with Crippen molar-refractivity contribution in [3.63, 3.8) is 0 Å². The van der Waals surface area contributed by atoms with Crippen LogP contribution in [0.25, 0.3) is 0 Å². The molecule has 0 atom stereocenters. The molecule has 0 aliphatic heterocycles. The van der Waals surface area contributed by atoms with Gasteiger partial charge in [0.1, 0.15) is 0 Å². The van der Waals surface area contributed by atoms with Gasteiger partial charge in [0.25, 0.3) is 0 Å². The van der Waals surface area contributed by atoms with E-state index >= 15 is 0 Å². The zero-order chi connectivity index (χ0) is 6.24. The van der Waals surface area contributed by atoms with E-state index in [0.717, 1.165) is 11.2 Å². The van der Waals surface area contributed by atoms with E-state index in [1.165, 1.54) is 25.7 Å². The smallest absolute Gasteiger partial charge is 0.0223 e. The zero-order valence-electron chi connectivity index (χ0n) is 5.71. The molecule has 0 aromatic heterocycles. The summed E-state index contributed by atoms with van der Waals surface area (Å²) >= 11 is 8.84. The number of unbranched alkanes of at least 4 members (excludes halogenated alkanes) is 3. The molecule has 0 N–H and O–H groups in total. The average Bonchev–Trinajstić information content (AvgIpc) is 1.81. The van der Waals surface area contributed by atoms with Crippen LogP contribution < -0.4 is 0 Å². The monoisotopic (exact) mass is 262 g/mol. The zero-order valence-corrected chi connectivity index (χ0v) is 11.0. The molecule has 0 rings (SSSR count). The van der Waals surface area contributed by atoms with Crippen molar-refractivity contribution < 1.29 is 19.5 Å². The molecule has 3 heteroatoms. The quantitative estimate of drug-likeness (QED) is 0.407. The van der Waals surface area contributed by atoms with Crippen molar-refractivity contribution in [2.75, 3.05) is 11.2 Å². The number of hydrogen-bond acceptors (Lipinski definition) is 0. The van der Waals surface area contributed by atoms with Gasteiger partial charge in [-0.2, -0.15) is 0 Å². The third-order valence-electron chi connectivity index (χ3n) is 1.02. The van der Waals surface area contributed by atoms with Crippen LogP contribution in [0.3, 0.4) is 0 Å². The fraction of sp³-hybridized carbons (Fsp3) is 1.00. The van der Waals surface area contributed by atoms with Crippen LogP contribution in [0.5, 0.6) is 0 Å². The summed E-state index contributed by atoms with van der Waals surface area (Å²) in [5.74, 6) is 0.822. The predicted molar refractivity (Wildman–Crippen MR) is 43.0 cm³/mol. The Morgan fingerprint density at radius 3 is 2.00 bits per heavy atom. The Kier molecular flexibility index (Phi) is 17.5. The summed E-state index contributed by atoms with van der Waals surface area (Å²) < 4.78 is 0. The maximum absolute atomic E-state index is 5.47. The minimum atomic E-state index is 0. The summed E-state index contributed by atoms with van der Waals surface area (Å²) in [5, 5.41) is 1.13. The number of rotatable bonds is 5. The first-order valence-corrected chi connectivity index (χ1v) is 4.69. The molecule has 0 saturated carbocycles. The van der Waals surface area contributed by atoms with Crippen LogP contribution in [0.4, 0.5) is 0 Å². The first-order chi connectivity index (χ1) is 3.91. The van der Waals surface area contributed by atoms with Crippen molar-refractivity contribution in [2.45, 2.75) is 25.7 Å². The van der Waals surface area contributed by atoms with Gasteiger partial charge >= 0.3 is 0 Å². The van der Waals surface area contributed by atoms with Crippen molar-refractivity contribution >= 4 is 27.5 Å². The van der Waals surface area contributed by atoms with Gasteiger partial charge in [-0.05, 0) is 12.8 Å². The van der Waals surface area contributed by atoms with E-state index in [2.05, 4.69) is 15.9 Å². The van der Waals surface area contributed by atoms with Gasteiger partial charge < -0.3 is 0 Å². The van der Waals surface area contributed by atoms with Crippen LogP contribution in [0.2, 0.25) is 0 Å². The molecule has 52 valence electrons. The summed E-state index contributed by atoms with van der Waals surface area (Å²) in [6.07, 6.45) is 5.07. The second kappa shape index (κ2) is 12.1. The molecular formula is C6H12BrClZn. The first kappa shape index (κ1) is 13.0.